The van der Waals surface area contributed by atoms with E-state index >= 15 is 0 Å². The van der Waals surface area contributed by atoms with Crippen molar-refractivity contribution in [1.29, 1.82) is 0 Å². The molecule has 0 unspecified atom stereocenters. The number of rotatable bonds is 7. The molecular formula is C24H23N3O2S. The summed E-state index contributed by atoms with van der Waals surface area (Å²) in [6, 6.07) is 15.3. The summed E-state index contributed by atoms with van der Waals surface area (Å²) < 4.78 is 0. The Morgan fingerprint density at radius 2 is 1.83 bits per heavy atom. The first kappa shape index (κ1) is 20.0. The van der Waals surface area contributed by atoms with E-state index < -0.39 is 0 Å². The van der Waals surface area contributed by atoms with Crippen LogP contribution in [-0.4, -0.2) is 34.8 Å². The van der Waals surface area contributed by atoms with Gasteiger partial charge in [-0.2, -0.15) is 0 Å². The number of anilines is 1. The van der Waals surface area contributed by atoms with Gasteiger partial charge >= 0.3 is 0 Å². The predicted octanol–water partition coefficient (Wildman–Crippen LogP) is 4.30. The first-order valence-corrected chi connectivity index (χ1v) is 10.9. The van der Waals surface area contributed by atoms with E-state index in [9.17, 15) is 9.59 Å². The lowest BCUT2D eigenvalue weighted by Gasteiger charge is -2.24. The van der Waals surface area contributed by atoms with Crippen LogP contribution in [0.5, 0.6) is 0 Å². The first-order valence-electron chi connectivity index (χ1n) is 9.97. The Kier molecular flexibility index (Phi) is 5.77. The molecule has 2 aromatic heterocycles. The lowest BCUT2D eigenvalue weighted by molar-refractivity contribution is -0.120. The second kappa shape index (κ2) is 8.63. The van der Waals surface area contributed by atoms with Crippen molar-refractivity contribution in [3.8, 4) is 0 Å². The van der Waals surface area contributed by atoms with E-state index in [-0.39, 0.29) is 11.8 Å². The minimum Gasteiger partial charge on any atom is -0.366 e. The lowest BCUT2D eigenvalue weighted by Crippen LogP contribution is -2.36. The number of thiophene rings is 1. The maximum absolute atomic E-state index is 13.5. The molecule has 0 fully saturated rings. The molecule has 1 aliphatic heterocycles. The monoisotopic (exact) mass is 417 g/mol. The number of pyridine rings is 1. The third kappa shape index (κ3) is 3.78. The van der Waals surface area contributed by atoms with Gasteiger partial charge in [0, 0.05) is 30.4 Å². The zero-order valence-electron chi connectivity index (χ0n) is 17.0. The maximum atomic E-state index is 13.5. The smallest absolute Gasteiger partial charge is 0.282 e. The van der Waals surface area contributed by atoms with Crippen LogP contribution in [0.25, 0.3) is 5.57 Å². The summed E-state index contributed by atoms with van der Waals surface area (Å²) in [6.07, 6.45) is 4.31. The van der Waals surface area contributed by atoms with Crippen LogP contribution in [0, 0.1) is 6.92 Å². The van der Waals surface area contributed by atoms with Crippen molar-refractivity contribution < 1.29 is 9.59 Å². The number of nitrogens with zero attached hydrogens (tertiary/aromatic N) is 3. The molecule has 0 atom stereocenters. The maximum Gasteiger partial charge on any atom is 0.282 e. The predicted molar refractivity (Wildman–Crippen MR) is 120 cm³/mol. The van der Waals surface area contributed by atoms with Gasteiger partial charge in [0.05, 0.1) is 11.3 Å². The van der Waals surface area contributed by atoms with Crippen LogP contribution in [0.4, 0.5) is 5.69 Å². The van der Waals surface area contributed by atoms with Crippen LogP contribution < -0.4 is 4.90 Å². The quantitative estimate of drug-likeness (QED) is 0.538. The summed E-state index contributed by atoms with van der Waals surface area (Å²) in [6.45, 7) is 5.25. The normalized spacial score (nSPS) is 14.0. The summed E-state index contributed by atoms with van der Waals surface area (Å²) in [5.41, 5.74) is 3.74. The van der Waals surface area contributed by atoms with E-state index in [1.165, 1.54) is 16.2 Å². The van der Waals surface area contributed by atoms with E-state index in [0.29, 0.717) is 30.0 Å². The summed E-state index contributed by atoms with van der Waals surface area (Å²) in [5.74, 6) is -0.518. The highest BCUT2D eigenvalue weighted by molar-refractivity contribution is 7.11. The number of carbonyl (C=O) groups excluding carboxylic acids is 2. The van der Waals surface area contributed by atoms with Crippen molar-refractivity contribution in [2.24, 2.45) is 0 Å². The average molecular weight is 418 g/mol. The molecule has 0 aliphatic carbocycles. The molecule has 5 nitrogen and oxygen atoms in total. The molecular weight excluding hydrogens is 394 g/mol. The number of hydrogen-bond acceptors (Lipinski definition) is 5. The van der Waals surface area contributed by atoms with Gasteiger partial charge in [-0.1, -0.05) is 18.2 Å². The van der Waals surface area contributed by atoms with Crippen LogP contribution in [0.1, 0.15) is 22.9 Å². The number of benzene rings is 1. The zero-order valence-corrected chi connectivity index (χ0v) is 17.9. The lowest BCUT2D eigenvalue weighted by atomic mass is 10.1. The SMILES string of the molecule is CCN(CCc1ccncc1)C1=C(c2cccs2)C(=O)N(c2cccc(C)c2)C1=O. The van der Waals surface area contributed by atoms with E-state index in [4.69, 9.17) is 0 Å². The van der Waals surface area contributed by atoms with Crippen LogP contribution in [0.3, 0.4) is 0 Å². The summed E-state index contributed by atoms with van der Waals surface area (Å²) >= 11 is 1.48. The van der Waals surface area contributed by atoms with Crippen molar-refractivity contribution in [3.63, 3.8) is 0 Å². The van der Waals surface area contributed by atoms with E-state index in [2.05, 4.69) is 4.98 Å². The average Bonchev–Trinajstić information content (AvgIpc) is 3.36. The van der Waals surface area contributed by atoms with E-state index in [1.807, 2.05) is 72.7 Å². The van der Waals surface area contributed by atoms with Crippen molar-refractivity contribution in [3.05, 3.63) is 88.0 Å². The Hall–Kier alpha value is -3.25. The number of hydrogen-bond donors (Lipinski definition) is 0. The van der Waals surface area contributed by atoms with Crippen LogP contribution in [-0.2, 0) is 16.0 Å². The number of carbonyl (C=O) groups is 2. The topological polar surface area (TPSA) is 53.5 Å². The zero-order chi connectivity index (χ0) is 21.1. The van der Waals surface area contributed by atoms with Crippen molar-refractivity contribution in [2.45, 2.75) is 20.3 Å². The minimum atomic E-state index is -0.259. The van der Waals surface area contributed by atoms with E-state index in [1.54, 1.807) is 12.4 Å². The van der Waals surface area contributed by atoms with E-state index in [0.717, 1.165) is 22.4 Å². The summed E-state index contributed by atoms with van der Waals surface area (Å²) in [7, 11) is 0. The largest absolute Gasteiger partial charge is 0.366 e. The third-order valence-electron chi connectivity index (χ3n) is 5.20. The molecule has 2 amide bonds. The van der Waals surface area contributed by atoms with Crippen molar-refractivity contribution in [2.75, 3.05) is 18.0 Å². The van der Waals surface area contributed by atoms with Crippen molar-refractivity contribution >= 4 is 34.4 Å². The molecule has 3 aromatic rings. The molecule has 3 heterocycles. The standard InChI is InChI=1S/C24H23N3O2S/c1-3-26(14-11-18-9-12-25-13-10-18)22-21(20-8-5-15-30-20)23(28)27(24(22)29)19-7-4-6-17(2)16-19/h4-10,12-13,15-16H,3,11,14H2,1-2H3. The molecule has 1 aliphatic rings. The van der Waals surface area contributed by atoms with Gasteiger partial charge in [-0.25, -0.2) is 4.90 Å². The first-order chi connectivity index (χ1) is 14.6. The Morgan fingerprint density at radius 3 is 2.50 bits per heavy atom. The molecule has 0 radical (unpaired) electrons. The summed E-state index contributed by atoms with van der Waals surface area (Å²) in [5, 5.41) is 1.93. The van der Waals surface area contributed by atoms with Gasteiger partial charge in [0.15, 0.2) is 0 Å². The highest BCUT2D eigenvalue weighted by atomic mass is 32.1. The molecule has 152 valence electrons. The van der Waals surface area contributed by atoms with Gasteiger partial charge in [0.2, 0.25) is 0 Å². The fourth-order valence-corrected chi connectivity index (χ4v) is 4.46. The molecule has 0 saturated carbocycles. The number of amides is 2. The molecule has 0 spiro atoms. The number of aryl methyl sites for hydroxylation is 1. The second-order valence-electron chi connectivity index (χ2n) is 7.17. The number of imide groups is 1. The summed E-state index contributed by atoms with van der Waals surface area (Å²) in [4.78, 5) is 35.2. The van der Waals surface area contributed by atoms with Crippen LogP contribution >= 0.6 is 11.3 Å². The van der Waals surface area contributed by atoms with Gasteiger partial charge in [-0.3, -0.25) is 14.6 Å². The minimum absolute atomic E-state index is 0.259. The molecule has 1 aromatic carbocycles. The molecule has 4 rings (SSSR count). The molecule has 0 N–H and O–H groups in total. The number of likely N-dealkylation sites (N-methyl/N-ethyl adjacent to an activating group) is 1. The Balaban J connectivity index is 1.72. The van der Waals surface area contributed by atoms with Gasteiger partial charge < -0.3 is 4.90 Å². The molecule has 0 bridgehead atoms. The third-order valence-corrected chi connectivity index (χ3v) is 6.09. The Labute approximate surface area is 180 Å². The molecule has 6 heteroatoms. The van der Waals surface area contributed by atoms with Gasteiger partial charge in [-0.05, 0) is 67.1 Å². The molecule has 30 heavy (non-hydrogen) atoms. The molecule has 0 saturated heterocycles. The van der Waals surface area contributed by atoms with Crippen LogP contribution in [0.15, 0.2) is 72.0 Å². The van der Waals surface area contributed by atoms with Gasteiger partial charge in [0.1, 0.15) is 5.70 Å². The van der Waals surface area contributed by atoms with Gasteiger partial charge in [-0.15, -0.1) is 11.3 Å². The highest BCUT2D eigenvalue weighted by Gasteiger charge is 2.42. The van der Waals surface area contributed by atoms with Crippen molar-refractivity contribution in [1.82, 2.24) is 9.88 Å². The van der Waals surface area contributed by atoms with Crippen LogP contribution in [0.2, 0.25) is 0 Å². The Morgan fingerprint density at radius 1 is 1.03 bits per heavy atom. The highest BCUT2D eigenvalue weighted by Crippen LogP contribution is 2.36. The Bertz CT molecular complexity index is 1090. The second-order valence-corrected chi connectivity index (χ2v) is 8.12. The van der Waals surface area contributed by atoms with Gasteiger partial charge in [0.25, 0.3) is 11.8 Å². The fourth-order valence-electron chi connectivity index (χ4n) is 3.70. The number of aromatic nitrogens is 1. The fraction of sp³-hybridized carbons (Fsp3) is 0.208.